The van der Waals surface area contributed by atoms with Crippen LogP contribution in [0.5, 0.6) is 0 Å². The van der Waals surface area contributed by atoms with Gasteiger partial charge in [-0.1, -0.05) is 18.5 Å². The van der Waals surface area contributed by atoms with Crippen molar-refractivity contribution in [3.8, 4) is 11.4 Å². The number of aromatic amines is 1. The summed E-state index contributed by atoms with van der Waals surface area (Å²) in [6, 6.07) is 7.41. The summed E-state index contributed by atoms with van der Waals surface area (Å²) in [5.41, 5.74) is 7.64. The molecule has 0 aromatic carbocycles. The van der Waals surface area contributed by atoms with E-state index in [9.17, 15) is 9.59 Å². The quantitative estimate of drug-likeness (QED) is 0.221. The Labute approximate surface area is 209 Å². The number of rotatable bonds is 6. The third kappa shape index (κ3) is 8.86. The molecule has 3 N–H and O–H groups in total. The standard InChI is InChI=1S/C12H13N3O.C9H6ClN3O.C2H7N.ClH/c1-2-4-12(16)10-7-14-15(9-10)11-5-3-6-13-8-11;10-9(14)7-4-12-13(6-7)8-2-1-3-11-5-8;1-2-3;/h3,5-9H,2,4H2,1H3;1-6H;2-3H2,1H3;1H. The second-order valence-corrected chi connectivity index (χ2v) is 7.02. The van der Waals surface area contributed by atoms with Crippen LogP contribution in [-0.4, -0.2) is 42.4 Å². The summed E-state index contributed by atoms with van der Waals surface area (Å²) in [5.74, 6) is 0.137. The van der Waals surface area contributed by atoms with Crippen LogP contribution in [0.2, 0.25) is 0 Å². The lowest BCUT2D eigenvalue weighted by Gasteiger charge is -1.98. The van der Waals surface area contributed by atoms with Crippen LogP contribution in [0, 0.1) is 0 Å². The number of nitrogens with one attached hydrogen (secondary N) is 1. The van der Waals surface area contributed by atoms with Gasteiger partial charge in [0.05, 0.1) is 29.8 Å². The minimum atomic E-state index is -0.483. The molecule has 0 radical (unpaired) electrons. The minimum absolute atomic E-state index is 0. The number of nitrogens with two attached hydrogens (primary N) is 1. The molecule has 0 spiro atoms. The molecule has 0 bridgehead atoms. The minimum Gasteiger partial charge on any atom is -1.00 e. The van der Waals surface area contributed by atoms with Gasteiger partial charge in [-0.2, -0.15) is 10.2 Å². The van der Waals surface area contributed by atoms with E-state index in [0.717, 1.165) is 24.3 Å². The summed E-state index contributed by atoms with van der Waals surface area (Å²) >= 11 is 5.32. The largest absolute Gasteiger partial charge is 1.00 e. The van der Waals surface area contributed by atoms with Crippen LogP contribution in [-0.2, 0) is 0 Å². The molecule has 180 valence electrons. The maximum atomic E-state index is 11.6. The molecule has 4 aromatic heterocycles. The Hall–Kier alpha value is -3.40. The molecule has 0 atom stereocenters. The van der Waals surface area contributed by atoms with Gasteiger partial charge in [0.25, 0.3) is 10.9 Å². The maximum Gasteiger partial charge on any atom is 0.260 e. The predicted octanol–water partition coefficient (Wildman–Crippen LogP) is 0.285. The first-order valence-electron chi connectivity index (χ1n) is 10.4. The Kier molecular flexibility index (Phi) is 13.0. The molecule has 0 aliphatic carbocycles. The van der Waals surface area contributed by atoms with Gasteiger partial charge >= 0.3 is 0 Å². The van der Waals surface area contributed by atoms with E-state index in [-0.39, 0.29) is 18.2 Å². The van der Waals surface area contributed by atoms with E-state index in [0.29, 0.717) is 17.5 Å². The van der Waals surface area contributed by atoms with Gasteiger partial charge in [-0.05, 0) is 42.8 Å². The molecular formula is C23H27Cl2N7O2. The number of Topliss-reactive ketones (excluding diaryl/α,β-unsaturated/α-hetero) is 1. The van der Waals surface area contributed by atoms with E-state index in [1.807, 2.05) is 38.1 Å². The van der Waals surface area contributed by atoms with E-state index < -0.39 is 5.24 Å². The average Bonchev–Trinajstić information content (AvgIpc) is 3.52. The first-order valence-corrected chi connectivity index (χ1v) is 10.8. The molecule has 4 rings (SSSR count). The topological polar surface area (TPSA) is 123 Å². The van der Waals surface area contributed by atoms with Crippen molar-refractivity contribution in [1.82, 2.24) is 24.8 Å². The van der Waals surface area contributed by atoms with Crippen molar-refractivity contribution in [3.05, 3.63) is 85.0 Å². The first kappa shape index (κ1) is 28.6. The SMILES string of the molecule is CCCC(=O)c1cnn(-c2cccnc2)c1.CCN.O=C(Cl)c1c[nH][n+](-c2cccnc2)c1.[Cl-]. The van der Waals surface area contributed by atoms with Gasteiger partial charge in [-0.25, -0.2) is 4.68 Å². The second kappa shape index (κ2) is 15.4. The van der Waals surface area contributed by atoms with E-state index in [1.54, 1.807) is 58.9 Å². The van der Waals surface area contributed by atoms with Crippen LogP contribution in [0.4, 0.5) is 0 Å². The van der Waals surface area contributed by atoms with Crippen LogP contribution in [0.1, 0.15) is 47.4 Å². The zero-order valence-electron chi connectivity index (χ0n) is 18.9. The summed E-state index contributed by atoms with van der Waals surface area (Å²) in [5, 5.41) is 6.54. The smallest absolute Gasteiger partial charge is 0.260 e. The number of carbonyl (C=O) groups is 2. The number of H-pyrrole nitrogens is 1. The fourth-order valence-corrected chi connectivity index (χ4v) is 2.68. The zero-order chi connectivity index (χ0) is 24.1. The fraction of sp³-hybridized carbons (Fsp3) is 0.217. The molecule has 0 amide bonds. The molecule has 4 aromatic rings. The Morgan fingerprint density at radius 3 is 2.29 bits per heavy atom. The van der Waals surface area contributed by atoms with Crippen LogP contribution >= 0.6 is 11.6 Å². The normalized spacial score (nSPS) is 9.53. The molecule has 11 heteroatoms. The molecule has 0 aliphatic heterocycles. The summed E-state index contributed by atoms with van der Waals surface area (Å²) in [6.07, 6.45) is 14.7. The molecule has 0 saturated carbocycles. The summed E-state index contributed by atoms with van der Waals surface area (Å²) in [6.45, 7) is 4.64. The Bertz CT molecular complexity index is 1130. The lowest BCUT2D eigenvalue weighted by atomic mass is 10.1. The van der Waals surface area contributed by atoms with Crippen LogP contribution < -0.4 is 22.8 Å². The summed E-state index contributed by atoms with van der Waals surface area (Å²) in [4.78, 5) is 30.4. The van der Waals surface area contributed by atoms with Crippen LogP contribution in [0.25, 0.3) is 11.4 Å². The number of aromatic nitrogens is 6. The number of hydrogen-bond acceptors (Lipinski definition) is 6. The number of carbonyl (C=O) groups excluding carboxylic acids is 2. The van der Waals surface area contributed by atoms with Gasteiger partial charge in [-0.3, -0.25) is 19.6 Å². The third-order valence-electron chi connectivity index (χ3n) is 4.07. The highest BCUT2D eigenvalue weighted by Crippen LogP contribution is 2.09. The van der Waals surface area contributed by atoms with Crippen molar-refractivity contribution in [2.75, 3.05) is 6.54 Å². The lowest BCUT2D eigenvalue weighted by Crippen LogP contribution is -3.00. The van der Waals surface area contributed by atoms with Crippen molar-refractivity contribution in [1.29, 1.82) is 0 Å². The molecule has 4 heterocycles. The van der Waals surface area contributed by atoms with E-state index in [4.69, 9.17) is 17.3 Å². The highest BCUT2D eigenvalue weighted by atomic mass is 35.5. The van der Waals surface area contributed by atoms with Gasteiger partial charge < -0.3 is 18.1 Å². The highest BCUT2D eigenvalue weighted by Gasteiger charge is 2.13. The second-order valence-electron chi connectivity index (χ2n) is 6.68. The molecule has 34 heavy (non-hydrogen) atoms. The molecule has 0 aliphatic rings. The Balaban J connectivity index is 0.000000299. The van der Waals surface area contributed by atoms with E-state index in [1.165, 1.54) is 0 Å². The van der Waals surface area contributed by atoms with Crippen molar-refractivity contribution in [2.24, 2.45) is 5.73 Å². The molecular weight excluding hydrogens is 477 g/mol. The summed E-state index contributed by atoms with van der Waals surface area (Å²) < 4.78 is 3.33. The fourth-order valence-electron chi connectivity index (χ4n) is 2.57. The van der Waals surface area contributed by atoms with Gasteiger partial charge in [-0.15, -0.1) is 0 Å². The van der Waals surface area contributed by atoms with E-state index in [2.05, 4.69) is 20.2 Å². The van der Waals surface area contributed by atoms with Crippen LogP contribution in [0.3, 0.4) is 0 Å². The zero-order valence-corrected chi connectivity index (χ0v) is 20.4. The maximum absolute atomic E-state index is 11.6. The average molecular weight is 504 g/mol. The monoisotopic (exact) mass is 503 g/mol. The highest BCUT2D eigenvalue weighted by molar-refractivity contribution is 6.67. The van der Waals surface area contributed by atoms with Gasteiger partial charge in [0.2, 0.25) is 6.20 Å². The van der Waals surface area contributed by atoms with Crippen molar-refractivity contribution in [2.45, 2.75) is 26.7 Å². The van der Waals surface area contributed by atoms with Crippen molar-refractivity contribution < 1.29 is 26.7 Å². The Morgan fingerprint density at radius 1 is 1.09 bits per heavy atom. The number of halogens is 2. The summed E-state index contributed by atoms with van der Waals surface area (Å²) in [7, 11) is 0. The molecule has 0 unspecified atom stereocenters. The van der Waals surface area contributed by atoms with Crippen molar-refractivity contribution in [3.63, 3.8) is 0 Å². The van der Waals surface area contributed by atoms with Gasteiger partial charge in [0.15, 0.2) is 5.78 Å². The predicted molar refractivity (Wildman–Crippen MR) is 126 cm³/mol. The van der Waals surface area contributed by atoms with Crippen LogP contribution in [0.15, 0.2) is 73.8 Å². The van der Waals surface area contributed by atoms with Crippen molar-refractivity contribution >= 4 is 22.6 Å². The van der Waals surface area contributed by atoms with Gasteiger partial charge in [0, 0.05) is 31.1 Å². The van der Waals surface area contributed by atoms with E-state index >= 15 is 0 Å². The third-order valence-corrected chi connectivity index (χ3v) is 4.29. The lowest BCUT2D eigenvalue weighted by molar-refractivity contribution is -0.655. The first-order chi connectivity index (χ1) is 16.0. The molecule has 9 nitrogen and oxygen atoms in total. The number of nitrogens with zero attached hydrogens (tertiary/aromatic N) is 5. The number of ketones is 1. The molecule has 0 saturated heterocycles. The Morgan fingerprint density at radius 2 is 1.76 bits per heavy atom. The number of hydrogen-bond donors (Lipinski definition) is 2. The molecule has 0 fully saturated rings. The van der Waals surface area contributed by atoms with Gasteiger partial charge in [0.1, 0.15) is 11.8 Å². The number of pyridine rings is 2.